The molecule has 104 valence electrons. The number of carbonyl (C=O) groups excluding carboxylic acids is 1. The summed E-state index contributed by atoms with van der Waals surface area (Å²) in [6.07, 6.45) is 2.53. The summed E-state index contributed by atoms with van der Waals surface area (Å²) in [4.78, 5) is 14.2. The minimum atomic E-state index is 0.0750. The van der Waals surface area contributed by atoms with Gasteiger partial charge in [-0.1, -0.05) is 0 Å². The van der Waals surface area contributed by atoms with Gasteiger partial charge in [0.1, 0.15) is 6.33 Å². The molecule has 7 nitrogen and oxygen atoms in total. The van der Waals surface area contributed by atoms with Crippen molar-refractivity contribution in [2.75, 3.05) is 20.1 Å². The zero-order valence-electron chi connectivity index (χ0n) is 11.2. The van der Waals surface area contributed by atoms with Gasteiger partial charge in [0.2, 0.25) is 0 Å². The number of benzene rings is 1. The SMILES string of the molecule is CNC1CCN(C(=O)c2ccc(-n3cnnn3)cc2)C1. The van der Waals surface area contributed by atoms with Crippen molar-refractivity contribution in [2.24, 2.45) is 0 Å². The molecule has 0 saturated carbocycles. The van der Waals surface area contributed by atoms with Gasteiger partial charge in [0.05, 0.1) is 5.69 Å². The van der Waals surface area contributed by atoms with Crippen LogP contribution >= 0.6 is 0 Å². The molecule has 0 aliphatic carbocycles. The van der Waals surface area contributed by atoms with Gasteiger partial charge in [-0.25, -0.2) is 4.68 Å². The average molecular weight is 272 g/mol. The Balaban J connectivity index is 1.73. The van der Waals surface area contributed by atoms with E-state index in [1.54, 1.807) is 4.68 Å². The molecular weight excluding hydrogens is 256 g/mol. The van der Waals surface area contributed by atoms with Crippen LogP contribution in [0.3, 0.4) is 0 Å². The van der Waals surface area contributed by atoms with Crippen molar-refractivity contribution in [1.29, 1.82) is 0 Å². The lowest BCUT2D eigenvalue weighted by Gasteiger charge is -2.16. The first kappa shape index (κ1) is 12.7. The van der Waals surface area contributed by atoms with Crippen molar-refractivity contribution in [2.45, 2.75) is 12.5 Å². The molecular formula is C13H16N6O. The summed E-state index contributed by atoms with van der Waals surface area (Å²) in [6, 6.07) is 7.71. The predicted octanol–water partition coefficient (Wildman–Crippen LogP) is 0.0962. The maximum absolute atomic E-state index is 12.4. The van der Waals surface area contributed by atoms with Gasteiger partial charge in [-0.2, -0.15) is 0 Å². The molecule has 1 aliphatic heterocycles. The first-order valence-electron chi connectivity index (χ1n) is 6.58. The number of carbonyl (C=O) groups is 1. The second-order valence-electron chi connectivity index (χ2n) is 4.83. The summed E-state index contributed by atoms with van der Waals surface area (Å²) >= 11 is 0. The number of rotatable bonds is 3. The fraction of sp³-hybridized carbons (Fsp3) is 0.385. The van der Waals surface area contributed by atoms with Crippen molar-refractivity contribution in [1.82, 2.24) is 30.4 Å². The molecule has 1 aromatic heterocycles. The average Bonchev–Trinajstić information content (AvgIpc) is 3.18. The zero-order chi connectivity index (χ0) is 13.9. The third-order valence-corrected chi connectivity index (χ3v) is 3.61. The molecule has 1 N–H and O–H groups in total. The fourth-order valence-electron chi connectivity index (χ4n) is 2.40. The Hall–Kier alpha value is -2.28. The lowest BCUT2D eigenvalue weighted by atomic mass is 10.2. The van der Waals surface area contributed by atoms with E-state index in [4.69, 9.17) is 0 Å². The highest BCUT2D eigenvalue weighted by Gasteiger charge is 2.25. The molecule has 0 spiro atoms. The molecule has 7 heteroatoms. The summed E-state index contributed by atoms with van der Waals surface area (Å²) in [5, 5.41) is 14.2. The van der Waals surface area contributed by atoms with Crippen LogP contribution in [0.25, 0.3) is 5.69 Å². The van der Waals surface area contributed by atoms with Gasteiger partial charge in [-0.3, -0.25) is 4.79 Å². The normalized spacial score (nSPS) is 18.4. The highest BCUT2D eigenvalue weighted by molar-refractivity contribution is 5.94. The third kappa shape index (κ3) is 2.39. The van der Waals surface area contributed by atoms with Crippen molar-refractivity contribution in [3.63, 3.8) is 0 Å². The van der Waals surface area contributed by atoms with Crippen LogP contribution in [0.4, 0.5) is 0 Å². The number of likely N-dealkylation sites (tertiary alicyclic amines) is 1. The van der Waals surface area contributed by atoms with Gasteiger partial charge >= 0.3 is 0 Å². The van der Waals surface area contributed by atoms with Crippen molar-refractivity contribution < 1.29 is 4.79 Å². The molecule has 1 atom stereocenters. The number of likely N-dealkylation sites (N-methyl/N-ethyl adjacent to an activating group) is 1. The first-order chi connectivity index (χ1) is 9.78. The first-order valence-corrected chi connectivity index (χ1v) is 6.58. The second kappa shape index (κ2) is 5.38. The van der Waals surface area contributed by atoms with E-state index < -0.39 is 0 Å². The topological polar surface area (TPSA) is 75.9 Å². The fourth-order valence-corrected chi connectivity index (χ4v) is 2.40. The Bertz CT molecular complexity index is 579. The van der Waals surface area contributed by atoms with E-state index in [0.29, 0.717) is 11.6 Å². The maximum atomic E-state index is 12.4. The van der Waals surface area contributed by atoms with Crippen LogP contribution in [-0.2, 0) is 0 Å². The largest absolute Gasteiger partial charge is 0.337 e. The van der Waals surface area contributed by atoms with Crippen LogP contribution in [0.5, 0.6) is 0 Å². The van der Waals surface area contributed by atoms with Crippen LogP contribution in [0, 0.1) is 0 Å². The lowest BCUT2D eigenvalue weighted by molar-refractivity contribution is 0.0789. The van der Waals surface area contributed by atoms with E-state index in [9.17, 15) is 4.79 Å². The number of hydrogen-bond acceptors (Lipinski definition) is 5. The summed E-state index contributed by atoms with van der Waals surface area (Å²) in [7, 11) is 1.93. The number of tetrazole rings is 1. The number of nitrogens with zero attached hydrogens (tertiary/aromatic N) is 5. The van der Waals surface area contributed by atoms with Crippen LogP contribution in [0.1, 0.15) is 16.8 Å². The summed E-state index contributed by atoms with van der Waals surface area (Å²) in [5.74, 6) is 0.0750. The molecule has 1 saturated heterocycles. The van der Waals surface area contributed by atoms with Crippen LogP contribution in [0.2, 0.25) is 0 Å². The van der Waals surface area contributed by atoms with Crippen LogP contribution in [-0.4, -0.2) is 57.2 Å². The third-order valence-electron chi connectivity index (χ3n) is 3.61. The second-order valence-corrected chi connectivity index (χ2v) is 4.83. The number of hydrogen-bond donors (Lipinski definition) is 1. The Labute approximate surface area is 116 Å². The molecule has 0 bridgehead atoms. The number of nitrogens with one attached hydrogen (secondary N) is 1. The van der Waals surface area contributed by atoms with Gasteiger partial charge in [0.15, 0.2) is 0 Å². The van der Waals surface area contributed by atoms with Crippen molar-refractivity contribution in [3.05, 3.63) is 36.2 Å². The lowest BCUT2D eigenvalue weighted by Crippen LogP contribution is -2.33. The van der Waals surface area contributed by atoms with Gasteiger partial charge in [-0.15, -0.1) is 5.10 Å². The van der Waals surface area contributed by atoms with Crippen LogP contribution < -0.4 is 5.32 Å². The highest BCUT2D eigenvalue weighted by Crippen LogP contribution is 2.15. The summed E-state index contributed by atoms with van der Waals surface area (Å²) < 4.78 is 1.56. The van der Waals surface area contributed by atoms with Gasteiger partial charge in [0.25, 0.3) is 5.91 Å². The van der Waals surface area contributed by atoms with Crippen molar-refractivity contribution in [3.8, 4) is 5.69 Å². The molecule has 2 aromatic rings. The molecule has 1 aromatic carbocycles. The molecule has 1 amide bonds. The Kier molecular flexibility index (Phi) is 3.42. The minimum Gasteiger partial charge on any atom is -0.337 e. The smallest absolute Gasteiger partial charge is 0.253 e. The summed E-state index contributed by atoms with van der Waals surface area (Å²) in [6.45, 7) is 1.57. The van der Waals surface area contributed by atoms with Crippen molar-refractivity contribution >= 4 is 5.91 Å². The Morgan fingerprint density at radius 2 is 2.15 bits per heavy atom. The molecule has 1 aliphatic rings. The molecule has 20 heavy (non-hydrogen) atoms. The monoisotopic (exact) mass is 272 g/mol. The van der Waals surface area contributed by atoms with E-state index >= 15 is 0 Å². The molecule has 3 rings (SSSR count). The molecule has 1 unspecified atom stereocenters. The molecule has 1 fully saturated rings. The van der Waals surface area contributed by atoms with Gasteiger partial charge in [-0.05, 0) is 48.2 Å². The van der Waals surface area contributed by atoms with Crippen LogP contribution in [0.15, 0.2) is 30.6 Å². The predicted molar refractivity (Wildman–Crippen MR) is 72.5 cm³/mol. The number of aromatic nitrogens is 4. The molecule has 2 heterocycles. The van der Waals surface area contributed by atoms with Gasteiger partial charge in [0, 0.05) is 24.7 Å². The molecule has 0 radical (unpaired) electrons. The summed E-state index contributed by atoms with van der Waals surface area (Å²) in [5.41, 5.74) is 1.53. The van der Waals surface area contributed by atoms with E-state index in [1.165, 1.54) is 6.33 Å². The van der Waals surface area contributed by atoms with E-state index in [1.807, 2.05) is 36.2 Å². The van der Waals surface area contributed by atoms with E-state index in [-0.39, 0.29) is 5.91 Å². The minimum absolute atomic E-state index is 0.0750. The Morgan fingerprint density at radius 1 is 1.35 bits per heavy atom. The maximum Gasteiger partial charge on any atom is 0.253 e. The van der Waals surface area contributed by atoms with E-state index in [2.05, 4.69) is 20.8 Å². The standard InChI is InChI=1S/C13H16N6O/c1-14-11-6-7-18(8-11)13(20)10-2-4-12(5-3-10)19-9-15-16-17-19/h2-5,9,11,14H,6-8H2,1H3. The zero-order valence-corrected chi connectivity index (χ0v) is 11.2. The Morgan fingerprint density at radius 3 is 2.75 bits per heavy atom. The van der Waals surface area contributed by atoms with E-state index in [0.717, 1.165) is 25.2 Å². The highest BCUT2D eigenvalue weighted by atomic mass is 16.2. The number of amides is 1. The quantitative estimate of drug-likeness (QED) is 0.857. The van der Waals surface area contributed by atoms with Gasteiger partial charge < -0.3 is 10.2 Å².